The summed E-state index contributed by atoms with van der Waals surface area (Å²) in [6.45, 7) is 6.36. The molecule has 0 aliphatic rings. The summed E-state index contributed by atoms with van der Waals surface area (Å²) >= 11 is 4.14. The molecule has 0 atom stereocenters. The normalized spacial score (nSPS) is 11.1. The zero-order valence-corrected chi connectivity index (χ0v) is 9.69. The predicted molar refractivity (Wildman–Crippen MR) is 59.6 cm³/mol. The number of ether oxygens (including phenoxy) is 2. The van der Waals surface area contributed by atoms with Crippen LogP contribution in [0.1, 0.15) is 33.1 Å². The van der Waals surface area contributed by atoms with E-state index in [4.69, 9.17) is 9.47 Å². The first-order valence-electron chi connectivity index (χ1n) is 5.07. The molecule has 0 aromatic heterocycles. The Bertz CT molecular complexity index is 96.9. The molecular weight excluding hydrogens is 184 g/mol. The van der Waals surface area contributed by atoms with Gasteiger partial charge in [0.15, 0.2) is 0 Å². The van der Waals surface area contributed by atoms with Gasteiger partial charge in [-0.25, -0.2) is 0 Å². The molecule has 0 unspecified atom stereocenters. The van der Waals surface area contributed by atoms with Crippen LogP contribution in [0.25, 0.3) is 0 Å². The molecule has 0 bridgehead atoms. The van der Waals surface area contributed by atoms with Crippen molar-refractivity contribution >= 4 is 12.6 Å². The van der Waals surface area contributed by atoms with Crippen LogP contribution in [-0.4, -0.2) is 31.7 Å². The van der Waals surface area contributed by atoms with E-state index in [1.807, 2.05) is 13.8 Å². The number of thiol groups is 1. The molecular formula is C10H22O2S. The van der Waals surface area contributed by atoms with Gasteiger partial charge in [0.05, 0.1) is 19.3 Å². The SMILES string of the molecule is CC(C)OCCOCCCCCS. The molecule has 0 saturated carbocycles. The Balaban J connectivity index is 2.84. The van der Waals surface area contributed by atoms with Gasteiger partial charge < -0.3 is 9.47 Å². The van der Waals surface area contributed by atoms with Crippen LogP contribution in [-0.2, 0) is 9.47 Å². The predicted octanol–water partition coefficient (Wildman–Crippen LogP) is 2.53. The molecule has 13 heavy (non-hydrogen) atoms. The third-order valence-electron chi connectivity index (χ3n) is 1.63. The molecule has 2 nitrogen and oxygen atoms in total. The summed E-state index contributed by atoms with van der Waals surface area (Å²) in [5.74, 6) is 0.983. The van der Waals surface area contributed by atoms with E-state index in [9.17, 15) is 0 Å². The Labute approximate surface area is 87.4 Å². The van der Waals surface area contributed by atoms with Crippen LogP contribution in [0.3, 0.4) is 0 Å². The Hall–Kier alpha value is 0.270. The van der Waals surface area contributed by atoms with Crippen LogP contribution in [0, 0.1) is 0 Å². The average molecular weight is 206 g/mol. The van der Waals surface area contributed by atoms with Crippen molar-refractivity contribution < 1.29 is 9.47 Å². The van der Waals surface area contributed by atoms with E-state index < -0.39 is 0 Å². The molecule has 0 radical (unpaired) electrons. The summed E-state index contributed by atoms with van der Waals surface area (Å²) in [6.07, 6.45) is 3.86. The van der Waals surface area contributed by atoms with Crippen molar-refractivity contribution in [3.63, 3.8) is 0 Å². The standard InChI is InChI=1S/C10H22O2S/c1-10(2)12-8-7-11-6-4-3-5-9-13/h10,13H,3-9H2,1-2H3. The summed E-state index contributed by atoms with van der Waals surface area (Å²) in [7, 11) is 0. The van der Waals surface area contributed by atoms with E-state index in [0.717, 1.165) is 25.4 Å². The Morgan fingerprint density at radius 1 is 1.00 bits per heavy atom. The van der Waals surface area contributed by atoms with E-state index in [2.05, 4.69) is 12.6 Å². The average Bonchev–Trinajstić information content (AvgIpc) is 2.09. The van der Waals surface area contributed by atoms with E-state index in [1.54, 1.807) is 0 Å². The van der Waals surface area contributed by atoms with Gasteiger partial charge >= 0.3 is 0 Å². The minimum atomic E-state index is 0.313. The molecule has 0 fully saturated rings. The second kappa shape index (κ2) is 10.4. The lowest BCUT2D eigenvalue weighted by Crippen LogP contribution is -2.10. The highest BCUT2D eigenvalue weighted by molar-refractivity contribution is 7.80. The fraction of sp³-hybridized carbons (Fsp3) is 1.00. The summed E-state index contributed by atoms with van der Waals surface area (Å²) in [4.78, 5) is 0. The zero-order valence-electron chi connectivity index (χ0n) is 8.79. The van der Waals surface area contributed by atoms with Gasteiger partial charge in [-0.2, -0.15) is 12.6 Å². The Morgan fingerprint density at radius 3 is 2.38 bits per heavy atom. The first kappa shape index (κ1) is 13.3. The van der Waals surface area contributed by atoms with Crippen molar-refractivity contribution in [2.24, 2.45) is 0 Å². The number of hydrogen-bond donors (Lipinski definition) is 1. The van der Waals surface area contributed by atoms with Crippen molar-refractivity contribution in [2.75, 3.05) is 25.6 Å². The van der Waals surface area contributed by atoms with Crippen LogP contribution in [0.2, 0.25) is 0 Å². The van der Waals surface area contributed by atoms with Gasteiger partial charge in [0, 0.05) is 6.61 Å². The van der Waals surface area contributed by atoms with Crippen molar-refractivity contribution in [1.29, 1.82) is 0 Å². The van der Waals surface area contributed by atoms with Crippen molar-refractivity contribution in [3.05, 3.63) is 0 Å². The van der Waals surface area contributed by atoms with Gasteiger partial charge in [-0.1, -0.05) is 6.42 Å². The Morgan fingerprint density at radius 2 is 1.77 bits per heavy atom. The molecule has 0 aliphatic carbocycles. The first-order chi connectivity index (χ1) is 6.27. The van der Waals surface area contributed by atoms with Crippen LogP contribution >= 0.6 is 12.6 Å². The molecule has 80 valence electrons. The quantitative estimate of drug-likeness (QED) is 0.461. The lowest BCUT2D eigenvalue weighted by molar-refractivity contribution is 0.0187. The highest BCUT2D eigenvalue weighted by Gasteiger charge is 1.93. The van der Waals surface area contributed by atoms with Gasteiger partial charge in [0.25, 0.3) is 0 Å². The second-order valence-electron chi connectivity index (χ2n) is 3.32. The number of unbranched alkanes of at least 4 members (excludes halogenated alkanes) is 2. The summed E-state index contributed by atoms with van der Waals surface area (Å²) in [5, 5.41) is 0. The second-order valence-corrected chi connectivity index (χ2v) is 3.76. The van der Waals surface area contributed by atoms with Gasteiger partial charge in [0.1, 0.15) is 0 Å². The molecule has 0 aromatic carbocycles. The van der Waals surface area contributed by atoms with Crippen LogP contribution in [0.15, 0.2) is 0 Å². The molecule has 0 N–H and O–H groups in total. The lowest BCUT2D eigenvalue weighted by Gasteiger charge is -2.07. The third kappa shape index (κ3) is 12.3. The minimum Gasteiger partial charge on any atom is -0.379 e. The maximum atomic E-state index is 5.38. The highest BCUT2D eigenvalue weighted by Crippen LogP contribution is 1.97. The van der Waals surface area contributed by atoms with Gasteiger partial charge in [0.2, 0.25) is 0 Å². The van der Waals surface area contributed by atoms with E-state index in [1.165, 1.54) is 12.8 Å². The van der Waals surface area contributed by atoms with Crippen molar-refractivity contribution in [1.82, 2.24) is 0 Å². The smallest absolute Gasteiger partial charge is 0.0703 e. The monoisotopic (exact) mass is 206 g/mol. The summed E-state index contributed by atoms with van der Waals surface area (Å²) < 4.78 is 10.7. The summed E-state index contributed by atoms with van der Waals surface area (Å²) in [6, 6.07) is 0. The molecule has 0 amide bonds. The van der Waals surface area contributed by atoms with Crippen molar-refractivity contribution in [2.45, 2.75) is 39.2 Å². The lowest BCUT2D eigenvalue weighted by atomic mass is 10.3. The first-order valence-corrected chi connectivity index (χ1v) is 5.71. The molecule has 0 spiro atoms. The molecule has 0 aromatic rings. The van der Waals surface area contributed by atoms with E-state index in [0.29, 0.717) is 12.7 Å². The Kier molecular flexibility index (Phi) is 10.6. The largest absolute Gasteiger partial charge is 0.379 e. The molecule has 0 rings (SSSR count). The molecule has 0 aliphatic heterocycles. The van der Waals surface area contributed by atoms with Gasteiger partial charge in [-0.15, -0.1) is 0 Å². The van der Waals surface area contributed by atoms with E-state index in [-0.39, 0.29) is 0 Å². The number of rotatable bonds is 9. The minimum absolute atomic E-state index is 0.313. The van der Waals surface area contributed by atoms with Crippen molar-refractivity contribution in [3.8, 4) is 0 Å². The molecule has 3 heteroatoms. The van der Waals surface area contributed by atoms with Crippen LogP contribution < -0.4 is 0 Å². The van der Waals surface area contributed by atoms with Gasteiger partial charge in [-0.3, -0.25) is 0 Å². The maximum absolute atomic E-state index is 5.38. The highest BCUT2D eigenvalue weighted by atomic mass is 32.1. The fourth-order valence-corrected chi connectivity index (χ4v) is 1.16. The van der Waals surface area contributed by atoms with Crippen LogP contribution in [0.5, 0.6) is 0 Å². The third-order valence-corrected chi connectivity index (χ3v) is 1.94. The molecule has 0 saturated heterocycles. The molecule has 0 heterocycles. The van der Waals surface area contributed by atoms with E-state index >= 15 is 0 Å². The topological polar surface area (TPSA) is 18.5 Å². The summed E-state index contributed by atoms with van der Waals surface area (Å²) in [5.41, 5.74) is 0. The fourth-order valence-electron chi connectivity index (χ4n) is 0.938. The maximum Gasteiger partial charge on any atom is 0.0703 e. The van der Waals surface area contributed by atoms with Crippen LogP contribution in [0.4, 0.5) is 0 Å². The number of hydrogen-bond acceptors (Lipinski definition) is 3. The zero-order chi connectivity index (χ0) is 9.94. The van der Waals surface area contributed by atoms with Gasteiger partial charge in [-0.05, 0) is 32.4 Å².